The molecule has 0 amide bonds. The van der Waals surface area contributed by atoms with Crippen LogP contribution in [-0.4, -0.2) is 24.1 Å². The van der Waals surface area contributed by atoms with Crippen LogP contribution in [0.4, 0.5) is 0 Å². The number of ether oxygens (including phenoxy) is 2. The molecule has 0 unspecified atom stereocenters. The van der Waals surface area contributed by atoms with Crippen LogP contribution in [-0.2, 0) is 19.1 Å². The predicted octanol–water partition coefficient (Wildman–Crippen LogP) is 11.4. The van der Waals surface area contributed by atoms with E-state index in [1.165, 1.54) is 89.9 Å². The van der Waals surface area contributed by atoms with Gasteiger partial charge in [-0.05, 0) is 78.1 Å². The van der Waals surface area contributed by atoms with E-state index in [9.17, 15) is 9.59 Å². The van der Waals surface area contributed by atoms with E-state index in [0.717, 1.165) is 51.4 Å². The number of hydrogen-bond donors (Lipinski definition) is 0. The van der Waals surface area contributed by atoms with Gasteiger partial charge < -0.3 is 9.47 Å². The first-order valence-electron chi connectivity index (χ1n) is 17.2. The Kier molecular flexibility index (Phi) is 29.2. The molecule has 0 aliphatic carbocycles. The van der Waals surface area contributed by atoms with Crippen LogP contribution in [0.1, 0.15) is 182 Å². The molecule has 0 heterocycles. The van der Waals surface area contributed by atoms with Crippen molar-refractivity contribution in [2.45, 2.75) is 194 Å². The van der Waals surface area contributed by atoms with E-state index in [-0.39, 0.29) is 11.9 Å². The summed E-state index contributed by atoms with van der Waals surface area (Å²) < 4.78 is 11.0. The Bertz CT molecular complexity index is 570. The Morgan fingerprint density at radius 1 is 0.450 bits per heavy atom. The molecule has 2 atom stereocenters. The Balaban J connectivity index is 3.64. The molecule has 4 heteroatoms. The third-order valence-electron chi connectivity index (χ3n) is 7.58. The van der Waals surface area contributed by atoms with Crippen LogP contribution >= 0.6 is 0 Å². The zero-order valence-corrected chi connectivity index (χ0v) is 27.1. The lowest BCUT2D eigenvalue weighted by Gasteiger charge is -2.21. The zero-order chi connectivity index (χ0) is 29.5. The summed E-state index contributed by atoms with van der Waals surface area (Å²) in [7, 11) is 0. The number of carbonyl (C=O) groups excluding carboxylic acids is 2. The molecular formula is C36H66O4. The molecule has 4 nitrogen and oxygen atoms in total. The molecule has 0 bridgehead atoms. The van der Waals surface area contributed by atoms with Crippen LogP contribution in [0.3, 0.4) is 0 Å². The van der Waals surface area contributed by atoms with Gasteiger partial charge in [-0.2, -0.15) is 0 Å². The Hall–Kier alpha value is -1.58. The minimum atomic E-state index is -0.415. The van der Waals surface area contributed by atoms with E-state index < -0.39 is 12.2 Å². The maximum absolute atomic E-state index is 12.2. The van der Waals surface area contributed by atoms with Crippen LogP contribution in [0.5, 0.6) is 0 Å². The fourth-order valence-corrected chi connectivity index (χ4v) is 4.70. The molecule has 0 spiro atoms. The van der Waals surface area contributed by atoms with E-state index in [0.29, 0.717) is 12.8 Å². The lowest BCUT2D eigenvalue weighted by molar-refractivity contribution is -0.165. The minimum absolute atomic E-state index is 0.191. The fourth-order valence-electron chi connectivity index (χ4n) is 4.70. The van der Waals surface area contributed by atoms with Crippen LogP contribution < -0.4 is 0 Å². The summed E-state index contributed by atoms with van der Waals surface area (Å²) in [6, 6.07) is 0. The van der Waals surface area contributed by atoms with Crippen molar-refractivity contribution in [1.82, 2.24) is 0 Å². The molecule has 0 saturated heterocycles. The van der Waals surface area contributed by atoms with Crippen molar-refractivity contribution < 1.29 is 19.1 Å². The van der Waals surface area contributed by atoms with E-state index >= 15 is 0 Å². The van der Waals surface area contributed by atoms with Crippen molar-refractivity contribution in [3.05, 3.63) is 24.3 Å². The Morgan fingerprint density at radius 2 is 0.725 bits per heavy atom. The first-order valence-corrected chi connectivity index (χ1v) is 17.2. The molecule has 0 aliphatic heterocycles. The lowest BCUT2D eigenvalue weighted by Crippen LogP contribution is -2.30. The Morgan fingerprint density at radius 3 is 1.02 bits per heavy atom. The molecule has 0 saturated carbocycles. The van der Waals surface area contributed by atoms with E-state index in [2.05, 4.69) is 38.2 Å². The van der Waals surface area contributed by atoms with Crippen molar-refractivity contribution >= 4 is 11.9 Å². The molecule has 0 aromatic rings. The molecule has 234 valence electrons. The average molecular weight is 563 g/mol. The van der Waals surface area contributed by atoms with Crippen LogP contribution in [0.2, 0.25) is 0 Å². The second kappa shape index (κ2) is 30.4. The van der Waals surface area contributed by atoms with Gasteiger partial charge in [0.25, 0.3) is 0 Å². The smallest absolute Gasteiger partial charge is 0.306 e. The van der Waals surface area contributed by atoms with E-state index in [1.807, 2.05) is 13.8 Å². The number of hydrogen-bond acceptors (Lipinski definition) is 4. The van der Waals surface area contributed by atoms with Gasteiger partial charge in [-0.25, -0.2) is 0 Å². The first-order chi connectivity index (χ1) is 19.5. The maximum atomic E-state index is 12.2. The Labute approximate surface area is 249 Å². The summed E-state index contributed by atoms with van der Waals surface area (Å²) in [5, 5.41) is 0. The summed E-state index contributed by atoms with van der Waals surface area (Å²) in [5.74, 6) is -0.382. The average Bonchev–Trinajstić information content (AvgIpc) is 2.93. The van der Waals surface area contributed by atoms with Crippen molar-refractivity contribution in [1.29, 1.82) is 0 Å². The van der Waals surface area contributed by atoms with Gasteiger partial charge in [0.05, 0.1) is 0 Å². The summed E-state index contributed by atoms with van der Waals surface area (Å²) in [4.78, 5) is 24.4. The van der Waals surface area contributed by atoms with Gasteiger partial charge in [0.2, 0.25) is 0 Å². The summed E-state index contributed by atoms with van der Waals surface area (Å²) >= 11 is 0. The van der Waals surface area contributed by atoms with Crippen molar-refractivity contribution in [2.24, 2.45) is 0 Å². The summed E-state index contributed by atoms with van der Waals surface area (Å²) in [6.45, 7) is 8.13. The van der Waals surface area contributed by atoms with Crippen LogP contribution in [0.15, 0.2) is 24.3 Å². The fraction of sp³-hybridized carbons (Fsp3) is 0.833. The van der Waals surface area contributed by atoms with E-state index in [1.54, 1.807) is 0 Å². The molecule has 40 heavy (non-hydrogen) atoms. The van der Waals surface area contributed by atoms with Crippen LogP contribution in [0, 0.1) is 0 Å². The number of carbonyl (C=O) groups is 2. The SMILES string of the molecule is CCCCCCC/C=C\CCCCCCC(=O)O[C@@H](C)[C@@H](C)OC(=O)CCCCCC/C=C\CCCCCCC. The van der Waals surface area contributed by atoms with Gasteiger partial charge in [0.15, 0.2) is 0 Å². The van der Waals surface area contributed by atoms with Crippen molar-refractivity contribution in [2.75, 3.05) is 0 Å². The highest BCUT2D eigenvalue weighted by atomic mass is 16.6. The number of esters is 2. The largest absolute Gasteiger partial charge is 0.459 e. The maximum Gasteiger partial charge on any atom is 0.306 e. The third kappa shape index (κ3) is 28.0. The third-order valence-corrected chi connectivity index (χ3v) is 7.58. The normalized spacial score (nSPS) is 13.2. The molecular weight excluding hydrogens is 496 g/mol. The predicted molar refractivity (Wildman–Crippen MR) is 172 cm³/mol. The highest BCUT2D eigenvalue weighted by molar-refractivity contribution is 5.70. The quantitative estimate of drug-likeness (QED) is 0.0517. The second-order valence-corrected chi connectivity index (χ2v) is 11.6. The van der Waals surface area contributed by atoms with Gasteiger partial charge >= 0.3 is 11.9 Å². The van der Waals surface area contributed by atoms with Crippen molar-refractivity contribution in [3.8, 4) is 0 Å². The van der Waals surface area contributed by atoms with Gasteiger partial charge in [-0.15, -0.1) is 0 Å². The molecule has 0 rings (SSSR count). The summed E-state index contributed by atoms with van der Waals surface area (Å²) in [5.41, 5.74) is 0. The zero-order valence-electron chi connectivity index (χ0n) is 27.1. The highest BCUT2D eigenvalue weighted by Gasteiger charge is 2.20. The van der Waals surface area contributed by atoms with E-state index in [4.69, 9.17) is 9.47 Å². The lowest BCUT2D eigenvalue weighted by atomic mass is 10.1. The van der Waals surface area contributed by atoms with Crippen molar-refractivity contribution in [3.63, 3.8) is 0 Å². The number of rotatable bonds is 29. The van der Waals surface area contributed by atoms with Gasteiger partial charge in [-0.3, -0.25) is 9.59 Å². The standard InChI is InChI=1S/C36H66O4/c1-5-7-9-11-13-15-17-19-21-23-25-27-29-31-35(37)39-33(3)34(4)40-36(38)32-30-28-26-24-22-20-18-16-14-12-10-8-6-2/h17-20,33-34H,5-16,21-32H2,1-4H3/b19-17-,20-18-/t33-,34+. The topological polar surface area (TPSA) is 52.6 Å². The molecule has 0 aromatic carbocycles. The highest BCUT2D eigenvalue weighted by Crippen LogP contribution is 2.13. The minimum Gasteiger partial charge on any atom is -0.459 e. The molecule has 0 radical (unpaired) electrons. The number of unbranched alkanes of at least 4 members (excludes halogenated alkanes) is 18. The summed E-state index contributed by atoms with van der Waals surface area (Å²) in [6.07, 6.45) is 35.9. The second-order valence-electron chi connectivity index (χ2n) is 11.6. The molecule has 0 N–H and O–H groups in total. The molecule has 0 fully saturated rings. The first kappa shape index (κ1) is 38.4. The van der Waals surface area contributed by atoms with Gasteiger partial charge in [0, 0.05) is 12.8 Å². The monoisotopic (exact) mass is 562 g/mol. The molecule has 0 aliphatic rings. The number of allylic oxidation sites excluding steroid dienone is 4. The van der Waals surface area contributed by atoms with Gasteiger partial charge in [0.1, 0.15) is 12.2 Å². The van der Waals surface area contributed by atoms with Gasteiger partial charge in [-0.1, -0.05) is 115 Å². The molecule has 0 aromatic heterocycles. The van der Waals surface area contributed by atoms with Crippen LogP contribution in [0.25, 0.3) is 0 Å².